The minimum absolute atomic E-state index is 0.647. The van der Waals surface area contributed by atoms with Crippen LogP contribution in [0, 0.1) is 0 Å². The first-order chi connectivity index (χ1) is 7.91. The second kappa shape index (κ2) is 15.4. The zero-order chi connectivity index (χ0) is 11.9. The van der Waals surface area contributed by atoms with E-state index in [1.165, 1.54) is 51.4 Å². The molecule has 98 valence electrons. The lowest BCUT2D eigenvalue weighted by Crippen LogP contribution is -1.95. The number of hydrogen-bond donors (Lipinski definition) is 0. The topological polar surface area (TPSA) is 18.5 Å². The molecule has 0 amide bonds. The Labute approximate surface area is 109 Å². The molecule has 0 aromatic rings. The van der Waals surface area contributed by atoms with Crippen molar-refractivity contribution in [3.05, 3.63) is 0 Å². The molecule has 0 rings (SSSR count). The maximum absolute atomic E-state index is 4.95. The van der Waals surface area contributed by atoms with Gasteiger partial charge in [0.2, 0.25) is 0 Å². The van der Waals surface area contributed by atoms with Gasteiger partial charge in [0.15, 0.2) is 0 Å². The molecular formula is C13H27BrO2. The number of unbranched alkanes of at least 4 members (excludes halogenated alkanes) is 8. The van der Waals surface area contributed by atoms with Gasteiger partial charge in [0.1, 0.15) is 0 Å². The summed E-state index contributed by atoms with van der Waals surface area (Å²) in [4.78, 5) is 9.76. The lowest BCUT2D eigenvalue weighted by atomic mass is 10.1. The molecule has 0 saturated carbocycles. The van der Waals surface area contributed by atoms with E-state index in [1.54, 1.807) is 0 Å². The SMILES string of the molecule is CCOOCCCCCCCCCCCBr. The quantitative estimate of drug-likeness (QED) is 0.209. The first-order valence-corrected chi connectivity index (χ1v) is 7.84. The van der Waals surface area contributed by atoms with Crippen molar-refractivity contribution in [1.82, 2.24) is 0 Å². The van der Waals surface area contributed by atoms with Crippen molar-refractivity contribution in [3.63, 3.8) is 0 Å². The van der Waals surface area contributed by atoms with E-state index in [0.29, 0.717) is 6.61 Å². The van der Waals surface area contributed by atoms with E-state index in [4.69, 9.17) is 9.78 Å². The normalized spacial score (nSPS) is 10.9. The Morgan fingerprint density at radius 3 is 1.69 bits per heavy atom. The third-order valence-electron chi connectivity index (χ3n) is 2.56. The first-order valence-electron chi connectivity index (χ1n) is 6.72. The van der Waals surface area contributed by atoms with Crippen molar-refractivity contribution in [3.8, 4) is 0 Å². The molecule has 0 atom stereocenters. The van der Waals surface area contributed by atoms with Crippen molar-refractivity contribution in [2.75, 3.05) is 18.5 Å². The summed E-state index contributed by atoms with van der Waals surface area (Å²) >= 11 is 3.46. The van der Waals surface area contributed by atoms with Gasteiger partial charge in [-0.05, 0) is 19.8 Å². The van der Waals surface area contributed by atoms with Crippen LogP contribution in [0.2, 0.25) is 0 Å². The molecule has 16 heavy (non-hydrogen) atoms. The Morgan fingerprint density at radius 1 is 0.688 bits per heavy atom. The Bertz CT molecular complexity index is 107. The van der Waals surface area contributed by atoms with Gasteiger partial charge in [-0.15, -0.1) is 0 Å². The second-order valence-electron chi connectivity index (χ2n) is 4.10. The fourth-order valence-corrected chi connectivity index (χ4v) is 2.03. The number of hydrogen-bond acceptors (Lipinski definition) is 2. The molecule has 0 spiro atoms. The summed E-state index contributed by atoms with van der Waals surface area (Å²) in [5.74, 6) is 0. The maximum Gasteiger partial charge on any atom is 0.0822 e. The van der Waals surface area contributed by atoms with Crippen LogP contribution in [0.1, 0.15) is 64.7 Å². The van der Waals surface area contributed by atoms with Gasteiger partial charge in [0.25, 0.3) is 0 Å². The predicted octanol–water partition coefficient (Wildman–Crippen LogP) is 4.86. The highest BCUT2D eigenvalue weighted by atomic mass is 79.9. The van der Waals surface area contributed by atoms with Crippen molar-refractivity contribution in [2.45, 2.75) is 64.7 Å². The highest BCUT2D eigenvalue weighted by molar-refractivity contribution is 9.09. The number of rotatable bonds is 13. The summed E-state index contributed by atoms with van der Waals surface area (Å²) in [5.41, 5.74) is 0. The molecule has 0 unspecified atom stereocenters. The van der Waals surface area contributed by atoms with E-state index in [0.717, 1.165) is 18.4 Å². The number of alkyl halides is 1. The average Bonchev–Trinajstić information content (AvgIpc) is 2.31. The Balaban J connectivity index is 2.83. The van der Waals surface area contributed by atoms with Crippen molar-refractivity contribution in [2.24, 2.45) is 0 Å². The van der Waals surface area contributed by atoms with Gasteiger partial charge in [-0.1, -0.05) is 60.9 Å². The fourth-order valence-electron chi connectivity index (χ4n) is 1.64. The van der Waals surface area contributed by atoms with Crippen LogP contribution in [0.25, 0.3) is 0 Å². The zero-order valence-electron chi connectivity index (χ0n) is 10.7. The van der Waals surface area contributed by atoms with Crippen molar-refractivity contribution >= 4 is 15.9 Å². The van der Waals surface area contributed by atoms with E-state index in [9.17, 15) is 0 Å². The van der Waals surface area contributed by atoms with Crippen LogP contribution in [0.5, 0.6) is 0 Å². The first kappa shape index (κ1) is 16.4. The lowest BCUT2D eigenvalue weighted by molar-refractivity contribution is -0.291. The highest BCUT2D eigenvalue weighted by Gasteiger charge is 1.93. The average molecular weight is 295 g/mol. The van der Waals surface area contributed by atoms with E-state index < -0.39 is 0 Å². The molecule has 0 aliphatic carbocycles. The standard InChI is InChI=1S/C13H27BrO2/c1-2-15-16-13-11-9-7-5-3-4-6-8-10-12-14/h2-13H2,1H3. The molecule has 2 nitrogen and oxygen atoms in total. The summed E-state index contributed by atoms with van der Waals surface area (Å²) < 4.78 is 0. The van der Waals surface area contributed by atoms with Gasteiger partial charge in [0.05, 0.1) is 13.2 Å². The van der Waals surface area contributed by atoms with Crippen LogP contribution in [-0.2, 0) is 9.78 Å². The molecule has 0 aromatic carbocycles. The molecule has 3 heteroatoms. The fraction of sp³-hybridized carbons (Fsp3) is 1.00. The summed E-state index contributed by atoms with van der Waals surface area (Å²) in [7, 11) is 0. The molecule has 0 N–H and O–H groups in total. The predicted molar refractivity (Wildman–Crippen MR) is 72.9 cm³/mol. The van der Waals surface area contributed by atoms with Gasteiger partial charge in [-0.2, -0.15) is 0 Å². The minimum atomic E-state index is 0.647. The minimum Gasteiger partial charge on any atom is -0.237 e. The molecule has 0 radical (unpaired) electrons. The van der Waals surface area contributed by atoms with Crippen LogP contribution in [-0.4, -0.2) is 18.5 Å². The van der Waals surface area contributed by atoms with Gasteiger partial charge >= 0.3 is 0 Å². The van der Waals surface area contributed by atoms with Gasteiger partial charge in [-0.3, -0.25) is 0 Å². The van der Waals surface area contributed by atoms with Crippen molar-refractivity contribution < 1.29 is 9.78 Å². The summed E-state index contributed by atoms with van der Waals surface area (Å²) in [6, 6.07) is 0. The third-order valence-corrected chi connectivity index (χ3v) is 3.12. The molecule has 0 aromatic heterocycles. The van der Waals surface area contributed by atoms with E-state index >= 15 is 0 Å². The van der Waals surface area contributed by atoms with Gasteiger partial charge < -0.3 is 0 Å². The second-order valence-corrected chi connectivity index (χ2v) is 4.89. The molecule has 0 aliphatic rings. The molecule has 0 saturated heterocycles. The van der Waals surface area contributed by atoms with Crippen LogP contribution >= 0.6 is 15.9 Å². The maximum atomic E-state index is 4.95. The van der Waals surface area contributed by atoms with Crippen LogP contribution < -0.4 is 0 Å². The molecule has 0 fully saturated rings. The third kappa shape index (κ3) is 14.4. The van der Waals surface area contributed by atoms with E-state index in [2.05, 4.69) is 15.9 Å². The largest absolute Gasteiger partial charge is 0.237 e. The summed E-state index contributed by atoms with van der Waals surface area (Å²) in [6.07, 6.45) is 12.0. The molecular weight excluding hydrogens is 268 g/mol. The Morgan fingerprint density at radius 2 is 1.19 bits per heavy atom. The van der Waals surface area contributed by atoms with Gasteiger partial charge in [-0.25, -0.2) is 9.78 Å². The highest BCUT2D eigenvalue weighted by Crippen LogP contribution is 2.10. The Hall–Kier alpha value is 0.400. The van der Waals surface area contributed by atoms with Gasteiger partial charge in [0, 0.05) is 5.33 Å². The monoisotopic (exact) mass is 294 g/mol. The summed E-state index contributed by atoms with van der Waals surface area (Å²) in [5, 5.41) is 1.16. The molecule has 0 heterocycles. The van der Waals surface area contributed by atoms with E-state index in [1.807, 2.05) is 6.92 Å². The zero-order valence-corrected chi connectivity index (χ0v) is 12.3. The van der Waals surface area contributed by atoms with Crippen LogP contribution in [0.15, 0.2) is 0 Å². The van der Waals surface area contributed by atoms with Crippen LogP contribution in [0.4, 0.5) is 0 Å². The lowest BCUT2D eigenvalue weighted by Gasteiger charge is -2.02. The summed E-state index contributed by atoms with van der Waals surface area (Å²) in [6.45, 7) is 3.34. The smallest absolute Gasteiger partial charge is 0.0822 e. The molecule has 0 bridgehead atoms. The number of halogens is 1. The molecule has 0 aliphatic heterocycles. The Kier molecular flexibility index (Phi) is 15.8. The van der Waals surface area contributed by atoms with Crippen molar-refractivity contribution in [1.29, 1.82) is 0 Å². The van der Waals surface area contributed by atoms with Crippen LogP contribution in [0.3, 0.4) is 0 Å². The van der Waals surface area contributed by atoms with E-state index in [-0.39, 0.29) is 0 Å².